The van der Waals surface area contributed by atoms with Gasteiger partial charge in [-0.2, -0.15) is 0 Å². The molecule has 1 N–H and O–H groups in total. The van der Waals surface area contributed by atoms with Gasteiger partial charge >= 0.3 is 0 Å². The maximum Gasteiger partial charge on any atom is 0.234 e. The first kappa shape index (κ1) is 25.0. The van der Waals surface area contributed by atoms with Gasteiger partial charge in [0.2, 0.25) is 5.91 Å². The highest BCUT2D eigenvalue weighted by Crippen LogP contribution is 2.31. The molecule has 0 fully saturated rings. The van der Waals surface area contributed by atoms with Gasteiger partial charge in [-0.25, -0.2) is 4.98 Å². The van der Waals surface area contributed by atoms with E-state index in [1.165, 1.54) is 27.6 Å². The largest absolute Gasteiger partial charge is 0.485 e. The molecule has 0 spiro atoms. The van der Waals surface area contributed by atoms with E-state index in [2.05, 4.69) is 53.6 Å². The lowest BCUT2D eigenvalue weighted by Gasteiger charge is -2.09. The number of aryl methyl sites for hydroxylation is 3. The number of thiazole rings is 1. The number of hydrogen-bond donors (Lipinski definition) is 1. The number of benzene rings is 3. The van der Waals surface area contributed by atoms with Crippen LogP contribution in [0.5, 0.6) is 5.75 Å². The highest BCUT2D eigenvalue weighted by molar-refractivity contribution is 7.99. The van der Waals surface area contributed by atoms with Crippen LogP contribution in [-0.4, -0.2) is 31.4 Å². The molecule has 5 rings (SSSR count). The van der Waals surface area contributed by atoms with Gasteiger partial charge in [0.25, 0.3) is 0 Å². The molecule has 188 valence electrons. The molecule has 0 saturated carbocycles. The fraction of sp³-hybridized carbons (Fsp3) is 0.214. The number of nitrogens with zero attached hydrogens (tertiary/aromatic N) is 4. The second kappa shape index (κ2) is 10.7. The monoisotopic (exact) mass is 529 g/mol. The smallest absolute Gasteiger partial charge is 0.234 e. The van der Waals surface area contributed by atoms with Crippen LogP contribution in [0, 0.1) is 20.8 Å². The van der Waals surface area contributed by atoms with E-state index in [1.54, 1.807) is 11.3 Å². The molecule has 0 radical (unpaired) electrons. The van der Waals surface area contributed by atoms with Crippen LogP contribution in [0.4, 0.5) is 5.69 Å². The molecule has 0 aliphatic heterocycles. The molecule has 9 heteroatoms. The van der Waals surface area contributed by atoms with Gasteiger partial charge in [0.15, 0.2) is 11.0 Å². The molecule has 2 aromatic heterocycles. The second-order valence-electron chi connectivity index (χ2n) is 8.92. The van der Waals surface area contributed by atoms with Crippen LogP contribution in [-0.2, 0) is 18.4 Å². The highest BCUT2D eigenvalue weighted by atomic mass is 32.2. The SMILES string of the molecule is Cc1ccc(OCc2nnc(SCC(=O)Nc3ccc(-c4nc5ccc(C)cc5s4)cc3)n2C)c(C)c1. The molecule has 0 atom stereocenters. The molecule has 37 heavy (non-hydrogen) atoms. The van der Waals surface area contributed by atoms with E-state index in [4.69, 9.17) is 9.72 Å². The van der Waals surface area contributed by atoms with Gasteiger partial charge in [-0.05, 0) is 74.4 Å². The van der Waals surface area contributed by atoms with Crippen molar-refractivity contribution in [2.75, 3.05) is 11.1 Å². The molecule has 0 bridgehead atoms. The van der Waals surface area contributed by atoms with Crippen LogP contribution < -0.4 is 10.1 Å². The van der Waals surface area contributed by atoms with Gasteiger partial charge in [0, 0.05) is 18.3 Å². The summed E-state index contributed by atoms with van der Waals surface area (Å²) >= 11 is 3.01. The standard InChI is InChI=1S/C28H27N5O2S2/c1-17-6-12-23(19(3)13-17)35-15-25-31-32-28(33(25)4)36-16-26(34)29-21-9-7-20(8-10-21)27-30-22-11-5-18(2)14-24(22)37-27/h5-14H,15-16H2,1-4H3,(H,29,34). The Morgan fingerprint density at radius 2 is 1.76 bits per heavy atom. The summed E-state index contributed by atoms with van der Waals surface area (Å²) in [5, 5.41) is 13.0. The average Bonchev–Trinajstić information content (AvgIpc) is 3.45. The quantitative estimate of drug-likeness (QED) is 0.237. The van der Waals surface area contributed by atoms with E-state index in [0.29, 0.717) is 17.6 Å². The zero-order valence-corrected chi connectivity index (χ0v) is 22.7. The number of rotatable bonds is 8. The lowest BCUT2D eigenvalue weighted by molar-refractivity contribution is -0.113. The zero-order valence-electron chi connectivity index (χ0n) is 21.1. The Hall–Kier alpha value is -3.69. The Balaban J connectivity index is 1.15. The number of amides is 1. The summed E-state index contributed by atoms with van der Waals surface area (Å²) < 4.78 is 8.96. The molecule has 1 amide bonds. The summed E-state index contributed by atoms with van der Waals surface area (Å²) in [5.41, 5.74) is 6.27. The van der Waals surface area contributed by atoms with Crippen molar-refractivity contribution in [3.8, 4) is 16.3 Å². The number of hydrogen-bond acceptors (Lipinski definition) is 7. The first-order valence-electron chi connectivity index (χ1n) is 11.8. The number of nitrogens with one attached hydrogen (secondary N) is 1. The molecular weight excluding hydrogens is 502 g/mol. The van der Waals surface area contributed by atoms with Crippen molar-refractivity contribution in [2.45, 2.75) is 32.5 Å². The van der Waals surface area contributed by atoms with Crippen LogP contribution in [0.1, 0.15) is 22.5 Å². The van der Waals surface area contributed by atoms with E-state index in [9.17, 15) is 4.79 Å². The predicted molar refractivity (Wildman–Crippen MR) is 150 cm³/mol. The molecule has 5 aromatic rings. The fourth-order valence-corrected chi connectivity index (χ4v) is 5.68. The van der Waals surface area contributed by atoms with Crippen LogP contribution in [0.25, 0.3) is 20.8 Å². The topological polar surface area (TPSA) is 81.9 Å². The molecular formula is C28H27N5O2S2. The Bertz CT molecular complexity index is 1570. The van der Waals surface area contributed by atoms with E-state index in [-0.39, 0.29) is 11.7 Å². The van der Waals surface area contributed by atoms with E-state index in [1.807, 2.05) is 54.9 Å². The highest BCUT2D eigenvalue weighted by Gasteiger charge is 2.13. The number of aromatic nitrogens is 4. The third kappa shape index (κ3) is 5.84. The van der Waals surface area contributed by atoms with E-state index >= 15 is 0 Å². The van der Waals surface area contributed by atoms with Crippen molar-refractivity contribution < 1.29 is 9.53 Å². The molecule has 2 heterocycles. The number of fused-ring (bicyclic) bond motifs is 1. The number of anilines is 1. The van der Waals surface area contributed by atoms with Crippen molar-refractivity contribution in [2.24, 2.45) is 7.05 Å². The Morgan fingerprint density at radius 3 is 2.54 bits per heavy atom. The molecule has 0 aliphatic carbocycles. The number of ether oxygens (including phenoxy) is 1. The van der Waals surface area contributed by atoms with Gasteiger partial charge < -0.3 is 14.6 Å². The number of carbonyl (C=O) groups is 1. The molecule has 7 nitrogen and oxygen atoms in total. The minimum absolute atomic E-state index is 0.107. The predicted octanol–water partition coefficient (Wildman–Crippen LogP) is 6.33. The number of thioether (sulfide) groups is 1. The van der Waals surface area contributed by atoms with Gasteiger partial charge in [-0.15, -0.1) is 21.5 Å². The molecule has 0 aliphatic rings. The molecule has 3 aromatic carbocycles. The third-order valence-corrected chi connectivity index (χ3v) is 7.99. The van der Waals surface area contributed by atoms with Crippen molar-refractivity contribution >= 4 is 44.9 Å². The Kier molecular flexibility index (Phi) is 7.25. The first-order chi connectivity index (χ1) is 17.9. The lowest BCUT2D eigenvalue weighted by atomic mass is 10.1. The third-order valence-electron chi connectivity index (χ3n) is 5.90. The summed E-state index contributed by atoms with van der Waals surface area (Å²) in [6, 6.07) is 20.1. The van der Waals surface area contributed by atoms with Crippen LogP contribution in [0.3, 0.4) is 0 Å². The minimum Gasteiger partial charge on any atom is -0.485 e. The van der Waals surface area contributed by atoms with Crippen molar-refractivity contribution in [3.05, 3.63) is 83.2 Å². The summed E-state index contributed by atoms with van der Waals surface area (Å²) in [4.78, 5) is 17.3. The summed E-state index contributed by atoms with van der Waals surface area (Å²) in [7, 11) is 1.88. The lowest BCUT2D eigenvalue weighted by Crippen LogP contribution is -2.14. The van der Waals surface area contributed by atoms with Gasteiger partial charge in [0.05, 0.1) is 16.0 Å². The Morgan fingerprint density at radius 1 is 1.00 bits per heavy atom. The van der Waals surface area contributed by atoms with Gasteiger partial charge in [0.1, 0.15) is 17.4 Å². The van der Waals surface area contributed by atoms with Crippen LogP contribution >= 0.6 is 23.1 Å². The van der Waals surface area contributed by atoms with Gasteiger partial charge in [-0.3, -0.25) is 4.79 Å². The summed E-state index contributed by atoms with van der Waals surface area (Å²) in [5.74, 6) is 1.64. The summed E-state index contributed by atoms with van der Waals surface area (Å²) in [6.07, 6.45) is 0. The van der Waals surface area contributed by atoms with Crippen LogP contribution in [0.2, 0.25) is 0 Å². The minimum atomic E-state index is -0.107. The number of carbonyl (C=O) groups excluding carboxylic acids is 1. The van der Waals surface area contributed by atoms with E-state index < -0.39 is 0 Å². The fourth-order valence-electron chi connectivity index (χ4n) is 3.88. The normalized spacial score (nSPS) is 11.1. The second-order valence-corrected chi connectivity index (χ2v) is 10.9. The summed E-state index contributed by atoms with van der Waals surface area (Å²) in [6.45, 7) is 6.47. The maximum absolute atomic E-state index is 12.6. The molecule has 0 unspecified atom stereocenters. The molecule has 0 saturated heterocycles. The van der Waals surface area contributed by atoms with Crippen molar-refractivity contribution in [3.63, 3.8) is 0 Å². The van der Waals surface area contributed by atoms with Crippen molar-refractivity contribution in [1.82, 2.24) is 19.7 Å². The zero-order chi connectivity index (χ0) is 25.9. The Labute approximate surface area is 223 Å². The maximum atomic E-state index is 12.6. The van der Waals surface area contributed by atoms with Crippen LogP contribution in [0.15, 0.2) is 65.8 Å². The average molecular weight is 530 g/mol. The van der Waals surface area contributed by atoms with E-state index in [0.717, 1.165) is 33.1 Å². The van der Waals surface area contributed by atoms with Gasteiger partial charge in [-0.1, -0.05) is 35.5 Å². The van der Waals surface area contributed by atoms with Crippen molar-refractivity contribution in [1.29, 1.82) is 0 Å². The first-order valence-corrected chi connectivity index (χ1v) is 13.6.